The van der Waals surface area contributed by atoms with E-state index in [-0.39, 0.29) is 24.4 Å². The molecule has 0 bridgehead atoms. The number of nitrogens with zero attached hydrogens (tertiary/aromatic N) is 3. The summed E-state index contributed by atoms with van der Waals surface area (Å²) in [6.45, 7) is 1.10. The molecule has 3 aromatic rings. The molecule has 8 nitrogen and oxygen atoms in total. The van der Waals surface area contributed by atoms with E-state index in [0.29, 0.717) is 34.8 Å². The smallest absolute Gasteiger partial charge is 0.319 e. The van der Waals surface area contributed by atoms with E-state index < -0.39 is 0 Å². The van der Waals surface area contributed by atoms with E-state index in [1.54, 1.807) is 18.3 Å². The summed E-state index contributed by atoms with van der Waals surface area (Å²) in [7, 11) is 0. The molecular formula is C23H25ClN6O2S. The summed E-state index contributed by atoms with van der Waals surface area (Å²) in [6, 6.07) is 12.5. The Morgan fingerprint density at radius 3 is 2.79 bits per heavy atom. The predicted octanol–water partition coefficient (Wildman–Crippen LogP) is 4.68. The minimum absolute atomic E-state index is 0.0198. The SMILES string of the molecule is O=C(NCC1CCCCN1C(=O)Cc1csc(Nc2ccc(Cl)cn2)n1)Nc1ccccc1. The van der Waals surface area contributed by atoms with E-state index in [0.717, 1.165) is 24.9 Å². The van der Waals surface area contributed by atoms with Crippen LogP contribution in [0.15, 0.2) is 54.0 Å². The van der Waals surface area contributed by atoms with Crippen LogP contribution in [0.2, 0.25) is 5.02 Å². The van der Waals surface area contributed by atoms with Gasteiger partial charge in [0.25, 0.3) is 0 Å². The van der Waals surface area contributed by atoms with Crippen molar-refractivity contribution in [1.29, 1.82) is 0 Å². The average Bonchev–Trinajstić information content (AvgIpc) is 3.26. The van der Waals surface area contributed by atoms with Crippen LogP contribution in [0.1, 0.15) is 25.0 Å². The number of carbonyl (C=O) groups is 2. The summed E-state index contributed by atoms with van der Waals surface area (Å²) < 4.78 is 0. The molecule has 1 unspecified atom stereocenters. The topological polar surface area (TPSA) is 99.3 Å². The highest BCUT2D eigenvalue weighted by Crippen LogP contribution is 2.23. The first kappa shape index (κ1) is 23.0. The number of likely N-dealkylation sites (tertiary alicyclic amines) is 1. The average molecular weight is 485 g/mol. The van der Waals surface area contributed by atoms with E-state index >= 15 is 0 Å². The van der Waals surface area contributed by atoms with Crippen LogP contribution in [-0.4, -0.2) is 45.9 Å². The lowest BCUT2D eigenvalue weighted by Gasteiger charge is -2.36. The Hall–Kier alpha value is -3.17. The maximum atomic E-state index is 13.0. The van der Waals surface area contributed by atoms with Crippen molar-refractivity contribution in [3.8, 4) is 0 Å². The molecule has 1 atom stereocenters. The van der Waals surface area contributed by atoms with Crippen LogP contribution in [0.5, 0.6) is 0 Å². The standard InChI is InChI=1S/C23H25ClN6O2S/c24-16-9-10-20(25-13-16)29-23-28-18(15-33-23)12-21(31)30-11-5-4-8-19(30)14-26-22(32)27-17-6-2-1-3-7-17/h1-3,6-7,9-10,13,15,19H,4-5,8,11-12,14H2,(H,25,28,29)(H2,26,27,32). The van der Waals surface area contributed by atoms with Crippen LogP contribution in [0.4, 0.5) is 21.4 Å². The molecule has 0 saturated carbocycles. The quantitative estimate of drug-likeness (QED) is 0.452. The van der Waals surface area contributed by atoms with Crippen molar-refractivity contribution in [3.63, 3.8) is 0 Å². The van der Waals surface area contributed by atoms with Crippen LogP contribution >= 0.6 is 22.9 Å². The van der Waals surface area contributed by atoms with E-state index in [9.17, 15) is 9.59 Å². The van der Waals surface area contributed by atoms with Gasteiger partial charge in [0, 0.05) is 36.4 Å². The largest absolute Gasteiger partial charge is 0.338 e. The van der Waals surface area contributed by atoms with E-state index in [4.69, 9.17) is 11.6 Å². The molecule has 4 rings (SSSR count). The summed E-state index contributed by atoms with van der Waals surface area (Å²) in [5.41, 5.74) is 1.44. The maximum absolute atomic E-state index is 13.0. The molecule has 1 aliphatic rings. The summed E-state index contributed by atoms with van der Waals surface area (Å²) in [5.74, 6) is 0.661. The number of urea groups is 1. The number of rotatable bonds is 7. The molecule has 1 aliphatic heterocycles. The van der Waals surface area contributed by atoms with Crippen LogP contribution in [-0.2, 0) is 11.2 Å². The van der Waals surface area contributed by atoms with Gasteiger partial charge in [0.1, 0.15) is 5.82 Å². The van der Waals surface area contributed by atoms with Crippen molar-refractivity contribution in [1.82, 2.24) is 20.2 Å². The number of amides is 3. The number of piperidine rings is 1. The number of aromatic nitrogens is 2. The Labute approximate surface area is 201 Å². The Morgan fingerprint density at radius 2 is 2.00 bits per heavy atom. The second-order valence-electron chi connectivity index (χ2n) is 7.75. The zero-order chi connectivity index (χ0) is 23.0. The van der Waals surface area contributed by atoms with Gasteiger partial charge in [-0.15, -0.1) is 11.3 Å². The number of halogens is 1. The van der Waals surface area contributed by atoms with E-state index in [2.05, 4.69) is 25.9 Å². The highest BCUT2D eigenvalue weighted by molar-refractivity contribution is 7.13. The number of para-hydroxylation sites is 1. The summed E-state index contributed by atoms with van der Waals surface area (Å²) >= 11 is 7.29. The van der Waals surface area contributed by atoms with Gasteiger partial charge in [0.15, 0.2) is 5.13 Å². The molecule has 33 heavy (non-hydrogen) atoms. The molecule has 172 valence electrons. The minimum atomic E-state index is -0.273. The number of hydrogen-bond acceptors (Lipinski definition) is 6. The van der Waals surface area contributed by atoms with Gasteiger partial charge in [-0.2, -0.15) is 0 Å². The summed E-state index contributed by atoms with van der Waals surface area (Å²) in [6.07, 6.45) is 4.65. The lowest BCUT2D eigenvalue weighted by molar-refractivity contribution is -0.134. The Balaban J connectivity index is 1.30. The van der Waals surface area contributed by atoms with Crippen molar-refractivity contribution < 1.29 is 9.59 Å². The van der Waals surface area contributed by atoms with Gasteiger partial charge in [-0.1, -0.05) is 29.8 Å². The zero-order valence-corrected chi connectivity index (χ0v) is 19.5. The number of pyridine rings is 1. The number of thiazole rings is 1. The molecule has 3 N–H and O–H groups in total. The number of anilines is 3. The first-order chi connectivity index (χ1) is 16.1. The molecule has 0 aliphatic carbocycles. The van der Waals surface area contributed by atoms with Crippen molar-refractivity contribution in [3.05, 3.63) is 64.8 Å². The monoisotopic (exact) mass is 484 g/mol. The molecule has 1 fully saturated rings. The first-order valence-electron chi connectivity index (χ1n) is 10.8. The second-order valence-corrected chi connectivity index (χ2v) is 9.04. The molecule has 0 spiro atoms. The van der Waals surface area contributed by atoms with Gasteiger partial charge >= 0.3 is 6.03 Å². The normalized spacial score (nSPS) is 15.7. The summed E-state index contributed by atoms with van der Waals surface area (Å²) in [5, 5.41) is 11.9. The molecule has 1 saturated heterocycles. The van der Waals surface area contributed by atoms with Gasteiger partial charge in [-0.25, -0.2) is 14.8 Å². The molecule has 3 heterocycles. The van der Waals surface area contributed by atoms with Crippen LogP contribution < -0.4 is 16.0 Å². The van der Waals surface area contributed by atoms with Crippen molar-refractivity contribution in [2.45, 2.75) is 31.7 Å². The second kappa shape index (κ2) is 11.1. The van der Waals surface area contributed by atoms with Crippen molar-refractivity contribution in [2.75, 3.05) is 23.7 Å². The third-order valence-corrected chi connectivity index (χ3v) is 6.35. The zero-order valence-electron chi connectivity index (χ0n) is 18.0. The molecule has 1 aromatic carbocycles. The molecule has 10 heteroatoms. The van der Waals surface area contributed by atoms with Gasteiger partial charge in [-0.3, -0.25) is 4.79 Å². The summed E-state index contributed by atoms with van der Waals surface area (Å²) in [4.78, 5) is 35.9. The Morgan fingerprint density at radius 1 is 1.15 bits per heavy atom. The predicted molar refractivity (Wildman–Crippen MR) is 131 cm³/mol. The molecular weight excluding hydrogens is 460 g/mol. The highest BCUT2D eigenvalue weighted by atomic mass is 35.5. The lowest BCUT2D eigenvalue weighted by Crippen LogP contribution is -2.50. The van der Waals surface area contributed by atoms with Gasteiger partial charge < -0.3 is 20.9 Å². The van der Waals surface area contributed by atoms with Gasteiger partial charge in [-0.05, 0) is 43.5 Å². The van der Waals surface area contributed by atoms with Gasteiger partial charge in [0.2, 0.25) is 5.91 Å². The molecule has 2 aromatic heterocycles. The van der Waals surface area contributed by atoms with Crippen molar-refractivity contribution >= 4 is 51.5 Å². The molecule has 0 radical (unpaired) electrons. The van der Waals surface area contributed by atoms with Crippen molar-refractivity contribution in [2.24, 2.45) is 0 Å². The fourth-order valence-corrected chi connectivity index (χ4v) is 4.54. The Bertz CT molecular complexity index is 1080. The lowest BCUT2D eigenvalue weighted by atomic mass is 10.0. The van der Waals surface area contributed by atoms with Crippen LogP contribution in [0, 0.1) is 0 Å². The fourth-order valence-electron chi connectivity index (χ4n) is 3.71. The van der Waals surface area contributed by atoms with E-state index in [1.165, 1.54) is 11.3 Å². The number of nitrogens with one attached hydrogen (secondary N) is 3. The highest BCUT2D eigenvalue weighted by Gasteiger charge is 2.27. The minimum Gasteiger partial charge on any atom is -0.338 e. The number of hydrogen-bond donors (Lipinski definition) is 3. The number of benzene rings is 1. The Kier molecular flexibility index (Phi) is 7.74. The van der Waals surface area contributed by atoms with Crippen LogP contribution in [0.3, 0.4) is 0 Å². The maximum Gasteiger partial charge on any atom is 0.319 e. The third-order valence-electron chi connectivity index (χ3n) is 5.32. The third kappa shape index (κ3) is 6.66. The molecule has 3 amide bonds. The van der Waals surface area contributed by atoms with Crippen LogP contribution in [0.25, 0.3) is 0 Å². The number of carbonyl (C=O) groups excluding carboxylic acids is 2. The first-order valence-corrected chi connectivity index (χ1v) is 12.0. The fraction of sp³-hybridized carbons (Fsp3) is 0.304. The van der Waals surface area contributed by atoms with E-state index in [1.807, 2.05) is 40.6 Å². The van der Waals surface area contributed by atoms with Gasteiger partial charge in [0.05, 0.1) is 17.1 Å².